The first kappa shape index (κ1) is 31.2. The quantitative estimate of drug-likeness (QED) is 0.161. The SMILES string of the molecule is c1ccc(P(c2ccccc2)C2(P(c3ccccc3)c3ccccc3)Oc3c(ccc4ccccc34)C2=C2COc3c2ccc2ccccc32)cc1. The monoisotopic (exact) mass is 704 g/mol. The molecule has 0 unspecified atom stereocenters. The van der Waals surface area contributed by atoms with Crippen LogP contribution in [0, 0.1) is 0 Å². The van der Waals surface area contributed by atoms with Crippen LogP contribution in [-0.4, -0.2) is 11.7 Å². The fourth-order valence-electron chi connectivity index (χ4n) is 8.06. The Hall–Kier alpha value is -5.52. The summed E-state index contributed by atoms with van der Waals surface area (Å²) in [6, 6.07) is 70.7. The summed E-state index contributed by atoms with van der Waals surface area (Å²) < 4.78 is 14.9. The summed E-state index contributed by atoms with van der Waals surface area (Å²) in [5.74, 6) is 1.91. The Labute approximate surface area is 306 Å². The third-order valence-electron chi connectivity index (χ3n) is 10.3. The summed E-state index contributed by atoms with van der Waals surface area (Å²) in [7, 11) is -2.42. The second kappa shape index (κ2) is 12.9. The highest BCUT2D eigenvalue weighted by Gasteiger charge is 2.59. The van der Waals surface area contributed by atoms with Crippen LogP contribution >= 0.6 is 15.8 Å². The minimum atomic E-state index is -1.21. The molecule has 0 saturated heterocycles. The highest BCUT2D eigenvalue weighted by atomic mass is 31.2. The van der Waals surface area contributed by atoms with Crippen LogP contribution in [0.4, 0.5) is 0 Å². The van der Waals surface area contributed by atoms with E-state index in [1.54, 1.807) is 0 Å². The van der Waals surface area contributed by atoms with E-state index in [0.29, 0.717) is 6.61 Å². The van der Waals surface area contributed by atoms with Gasteiger partial charge in [-0.3, -0.25) is 0 Å². The molecule has 10 rings (SSSR count). The zero-order chi connectivity index (χ0) is 34.5. The van der Waals surface area contributed by atoms with Crippen molar-refractivity contribution in [1.29, 1.82) is 0 Å². The molecule has 0 saturated carbocycles. The predicted molar refractivity (Wildman–Crippen MR) is 222 cm³/mol. The second-order valence-corrected chi connectivity index (χ2v) is 18.2. The van der Waals surface area contributed by atoms with Gasteiger partial charge in [-0.25, -0.2) is 0 Å². The van der Waals surface area contributed by atoms with Gasteiger partial charge in [0, 0.05) is 48.9 Å². The van der Waals surface area contributed by atoms with E-state index in [-0.39, 0.29) is 0 Å². The molecule has 2 aliphatic heterocycles. The summed E-state index contributed by atoms with van der Waals surface area (Å²) in [5.41, 5.74) is 4.74. The maximum Gasteiger partial charge on any atom is 0.187 e. The van der Waals surface area contributed by atoms with Gasteiger partial charge in [0.05, 0.1) is 0 Å². The van der Waals surface area contributed by atoms with Crippen molar-refractivity contribution in [1.82, 2.24) is 0 Å². The first-order valence-corrected chi connectivity index (χ1v) is 20.4. The summed E-state index contributed by atoms with van der Waals surface area (Å²) >= 11 is 0. The van der Waals surface area contributed by atoms with Crippen molar-refractivity contribution < 1.29 is 9.47 Å². The van der Waals surface area contributed by atoms with Crippen LogP contribution in [0.15, 0.2) is 194 Å². The average Bonchev–Trinajstić information content (AvgIpc) is 3.79. The van der Waals surface area contributed by atoms with Crippen molar-refractivity contribution in [3.8, 4) is 11.5 Å². The van der Waals surface area contributed by atoms with Gasteiger partial charge in [-0.15, -0.1) is 0 Å². The van der Waals surface area contributed by atoms with Gasteiger partial charge in [0.15, 0.2) is 5.08 Å². The molecule has 2 nitrogen and oxygen atoms in total. The third kappa shape index (κ3) is 4.94. The maximum atomic E-state index is 8.12. The molecule has 0 fully saturated rings. The molecule has 2 aliphatic rings. The Bertz CT molecular complexity index is 2440. The standard InChI is InChI=1S/C48H34O2P2/c1-5-19-36(20-6-1)51(37-21-7-2-8-22-37)48(52(38-23-9-3-10-24-38)39-25-11-4-12-26-39)45(43-32-30-35-18-14-16-28-41(35)47(43)50-48)44-33-49-46-40-27-15-13-17-34(40)29-31-42(44)46/h1-32H,33H2. The fourth-order valence-corrected chi connectivity index (χ4v) is 15.5. The summed E-state index contributed by atoms with van der Waals surface area (Å²) in [6.45, 7) is 0.468. The zero-order valence-electron chi connectivity index (χ0n) is 28.4. The van der Waals surface area contributed by atoms with E-state index in [0.717, 1.165) is 33.4 Å². The van der Waals surface area contributed by atoms with Crippen molar-refractivity contribution in [2.75, 3.05) is 6.61 Å². The molecule has 52 heavy (non-hydrogen) atoms. The molecule has 4 heteroatoms. The number of hydrogen-bond donors (Lipinski definition) is 0. The molecule has 0 atom stereocenters. The minimum absolute atomic E-state index is 0.468. The Kier molecular flexibility index (Phi) is 7.76. The highest BCUT2D eigenvalue weighted by Crippen LogP contribution is 2.75. The van der Waals surface area contributed by atoms with E-state index in [1.807, 2.05) is 0 Å². The van der Waals surface area contributed by atoms with Crippen LogP contribution in [0.5, 0.6) is 11.5 Å². The molecule has 0 aliphatic carbocycles. The smallest absolute Gasteiger partial charge is 0.187 e. The third-order valence-corrected chi connectivity index (χ3v) is 16.6. The molecule has 2 heterocycles. The van der Waals surface area contributed by atoms with E-state index in [1.165, 1.54) is 43.1 Å². The van der Waals surface area contributed by atoms with Crippen molar-refractivity contribution in [3.63, 3.8) is 0 Å². The van der Waals surface area contributed by atoms with Crippen LogP contribution in [0.2, 0.25) is 0 Å². The second-order valence-electron chi connectivity index (χ2n) is 13.2. The molecule has 248 valence electrons. The van der Waals surface area contributed by atoms with Crippen LogP contribution in [-0.2, 0) is 0 Å². The molecular formula is C48H34O2P2. The lowest BCUT2D eigenvalue weighted by atomic mass is 9.94. The van der Waals surface area contributed by atoms with E-state index in [4.69, 9.17) is 9.47 Å². The summed E-state index contributed by atoms with van der Waals surface area (Å²) in [5, 5.41) is 8.89. The molecule has 8 aromatic carbocycles. The van der Waals surface area contributed by atoms with Gasteiger partial charge in [0.2, 0.25) is 0 Å². The topological polar surface area (TPSA) is 18.5 Å². The van der Waals surface area contributed by atoms with E-state index >= 15 is 0 Å². The Morgan fingerprint density at radius 3 is 1.27 bits per heavy atom. The Morgan fingerprint density at radius 1 is 0.385 bits per heavy atom. The highest BCUT2D eigenvalue weighted by molar-refractivity contribution is 7.91. The summed E-state index contributed by atoms with van der Waals surface area (Å²) in [6.07, 6.45) is 0. The molecular weight excluding hydrogens is 670 g/mol. The largest absolute Gasteiger partial charge is 0.488 e. The molecule has 0 bridgehead atoms. The number of benzene rings is 8. The average molecular weight is 705 g/mol. The Balaban J connectivity index is 1.41. The van der Waals surface area contributed by atoms with E-state index in [2.05, 4.69) is 194 Å². The lowest BCUT2D eigenvalue weighted by Gasteiger charge is -2.45. The number of ether oxygens (including phenoxy) is 2. The molecule has 0 spiro atoms. The minimum Gasteiger partial charge on any atom is -0.488 e. The van der Waals surface area contributed by atoms with Gasteiger partial charge in [-0.1, -0.05) is 194 Å². The fraction of sp³-hybridized carbons (Fsp3) is 0.0417. The van der Waals surface area contributed by atoms with Crippen molar-refractivity contribution in [3.05, 3.63) is 205 Å². The normalized spacial score (nSPS) is 15.8. The molecule has 0 N–H and O–H groups in total. The first-order valence-electron chi connectivity index (χ1n) is 17.7. The lowest BCUT2D eigenvalue weighted by molar-refractivity contribution is 0.326. The number of fused-ring (bicyclic) bond motifs is 6. The number of hydrogen-bond acceptors (Lipinski definition) is 2. The van der Waals surface area contributed by atoms with E-state index < -0.39 is 20.9 Å². The molecule has 0 aromatic heterocycles. The molecule has 8 aromatic rings. The van der Waals surface area contributed by atoms with Crippen molar-refractivity contribution in [2.24, 2.45) is 0 Å². The predicted octanol–water partition coefficient (Wildman–Crippen LogP) is 10.6. The van der Waals surface area contributed by atoms with Gasteiger partial charge in [0.1, 0.15) is 18.1 Å². The van der Waals surface area contributed by atoms with E-state index in [9.17, 15) is 0 Å². The maximum absolute atomic E-state index is 8.12. The lowest BCUT2D eigenvalue weighted by Crippen LogP contribution is -2.42. The van der Waals surface area contributed by atoms with Crippen LogP contribution < -0.4 is 30.7 Å². The van der Waals surface area contributed by atoms with Crippen molar-refractivity contribution >= 4 is 69.8 Å². The zero-order valence-corrected chi connectivity index (χ0v) is 30.2. The van der Waals surface area contributed by atoms with Crippen LogP contribution in [0.1, 0.15) is 11.1 Å². The van der Waals surface area contributed by atoms with Crippen molar-refractivity contribution in [2.45, 2.75) is 5.08 Å². The van der Waals surface area contributed by atoms with Crippen LogP contribution in [0.3, 0.4) is 0 Å². The van der Waals surface area contributed by atoms with Gasteiger partial charge >= 0.3 is 0 Å². The van der Waals surface area contributed by atoms with Gasteiger partial charge < -0.3 is 9.47 Å². The van der Waals surface area contributed by atoms with Gasteiger partial charge in [-0.05, 0) is 32.0 Å². The number of rotatable bonds is 6. The Morgan fingerprint density at radius 2 is 0.788 bits per heavy atom. The molecule has 0 radical (unpaired) electrons. The molecule has 0 amide bonds. The van der Waals surface area contributed by atoms with Gasteiger partial charge in [-0.2, -0.15) is 0 Å². The van der Waals surface area contributed by atoms with Gasteiger partial charge in [0.25, 0.3) is 0 Å². The first-order chi connectivity index (χ1) is 25.8. The summed E-state index contributed by atoms with van der Waals surface area (Å²) in [4.78, 5) is 0. The van der Waals surface area contributed by atoms with Crippen LogP contribution in [0.25, 0.3) is 32.7 Å².